The Bertz CT molecular complexity index is 194. The largest absolute Gasteiger partial charge is 0.501 e. The van der Waals surface area contributed by atoms with Crippen molar-refractivity contribution in [1.29, 1.82) is 0 Å². The van der Waals surface area contributed by atoms with Crippen LogP contribution in [0.4, 0.5) is 0 Å². The average molecular weight is 182 g/mol. The van der Waals surface area contributed by atoms with Gasteiger partial charge < -0.3 is 9.84 Å². The number of ether oxygens (including phenoxy) is 1. The van der Waals surface area contributed by atoms with E-state index in [1.54, 1.807) is 6.26 Å². The molecule has 1 heterocycles. The molecule has 0 aromatic carbocycles. The van der Waals surface area contributed by atoms with E-state index in [1.165, 1.54) is 19.3 Å². The van der Waals surface area contributed by atoms with E-state index in [2.05, 4.69) is 0 Å². The molecular formula is C11H18O2. The predicted octanol–water partition coefficient (Wildman–Crippen LogP) is 2.23. The van der Waals surface area contributed by atoms with Crippen molar-refractivity contribution in [3.05, 3.63) is 11.8 Å². The van der Waals surface area contributed by atoms with Gasteiger partial charge in [-0.2, -0.15) is 0 Å². The van der Waals surface area contributed by atoms with Crippen LogP contribution in [0.5, 0.6) is 0 Å². The molecule has 1 atom stereocenters. The fourth-order valence-electron chi connectivity index (χ4n) is 2.03. The van der Waals surface area contributed by atoms with E-state index in [0.29, 0.717) is 0 Å². The van der Waals surface area contributed by atoms with Gasteiger partial charge in [0, 0.05) is 0 Å². The van der Waals surface area contributed by atoms with Crippen molar-refractivity contribution in [2.24, 2.45) is 5.92 Å². The summed E-state index contributed by atoms with van der Waals surface area (Å²) in [6.07, 6.45) is 8.55. The quantitative estimate of drug-likeness (QED) is 0.725. The molecule has 0 bridgehead atoms. The Balaban J connectivity index is 1.80. The number of aliphatic hydroxyl groups is 1. The minimum atomic E-state index is -0.231. The fraction of sp³-hybridized carbons (Fsp3) is 0.818. The van der Waals surface area contributed by atoms with Gasteiger partial charge in [-0.1, -0.05) is 19.3 Å². The Labute approximate surface area is 79.6 Å². The third-order valence-electron chi connectivity index (χ3n) is 3.17. The zero-order valence-electron chi connectivity index (χ0n) is 8.04. The van der Waals surface area contributed by atoms with Crippen LogP contribution in [0.1, 0.15) is 38.5 Å². The molecule has 0 aromatic rings. The van der Waals surface area contributed by atoms with Crippen LogP contribution in [0.15, 0.2) is 11.8 Å². The van der Waals surface area contributed by atoms with Crippen LogP contribution >= 0.6 is 0 Å². The first-order valence-electron chi connectivity index (χ1n) is 5.35. The molecule has 0 saturated heterocycles. The summed E-state index contributed by atoms with van der Waals surface area (Å²) in [7, 11) is 0. The molecule has 13 heavy (non-hydrogen) atoms. The summed E-state index contributed by atoms with van der Waals surface area (Å²) in [5, 5.41) is 9.86. The average Bonchev–Trinajstić information content (AvgIpc) is 2.12. The van der Waals surface area contributed by atoms with Crippen molar-refractivity contribution in [2.75, 3.05) is 6.61 Å². The minimum Gasteiger partial charge on any atom is -0.501 e. The molecule has 0 amide bonds. The summed E-state index contributed by atoms with van der Waals surface area (Å²) in [4.78, 5) is 0. The van der Waals surface area contributed by atoms with Crippen molar-refractivity contribution in [3.63, 3.8) is 0 Å². The highest BCUT2D eigenvalue weighted by atomic mass is 16.5. The number of hydrogen-bond acceptors (Lipinski definition) is 2. The normalized spacial score (nSPS) is 25.8. The van der Waals surface area contributed by atoms with Crippen LogP contribution in [-0.2, 0) is 4.74 Å². The number of rotatable bonds is 3. The van der Waals surface area contributed by atoms with E-state index in [-0.39, 0.29) is 6.10 Å². The predicted molar refractivity (Wildman–Crippen MR) is 51.2 cm³/mol. The lowest BCUT2D eigenvalue weighted by molar-refractivity contribution is 0.126. The van der Waals surface area contributed by atoms with E-state index in [0.717, 1.165) is 37.4 Å². The van der Waals surface area contributed by atoms with Crippen LogP contribution < -0.4 is 0 Å². The monoisotopic (exact) mass is 182 g/mol. The lowest BCUT2D eigenvalue weighted by Crippen LogP contribution is -2.22. The molecule has 1 N–H and O–H groups in total. The summed E-state index contributed by atoms with van der Waals surface area (Å²) in [6.45, 7) is 0.819. The first kappa shape index (κ1) is 9.07. The molecular weight excluding hydrogens is 164 g/mol. The SMILES string of the molecule is OC(CC1CCC1)C1=COCCC1. The van der Waals surface area contributed by atoms with Gasteiger partial charge in [-0.3, -0.25) is 0 Å². The number of hydrogen-bond donors (Lipinski definition) is 1. The van der Waals surface area contributed by atoms with Crippen LogP contribution in [0.3, 0.4) is 0 Å². The maximum atomic E-state index is 9.86. The second-order valence-electron chi connectivity index (χ2n) is 4.22. The molecule has 2 heteroatoms. The molecule has 1 aliphatic heterocycles. The van der Waals surface area contributed by atoms with E-state index in [9.17, 15) is 5.11 Å². The van der Waals surface area contributed by atoms with Gasteiger partial charge in [0.2, 0.25) is 0 Å². The highest BCUT2D eigenvalue weighted by Gasteiger charge is 2.23. The molecule has 1 unspecified atom stereocenters. The maximum absolute atomic E-state index is 9.86. The Morgan fingerprint density at radius 2 is 2.31 bits per heavy atom. The maximum Gasteiger partial charge on any atom is 0.0876 e. The van der Waals surface area contributed by atoms with Crippen LogP contribution in [0, 0.1) is 5.92 Å². The van der Waals surface area contributed by atoms with Gasteiger partial charge in [-0.15, -0.1) is 0 Å². The van der Waals surface area contributed by atoms with Crippen LogP contribution in [0.25, 0.3) is 0 Å². The minimum absolute atomic E-state index is 0.231. The molecule has 2 rings (SSSR count). The second kappa shape index (κ2) is 4.14. The Morgan fingerprint density at radius 1 is 1.46 bits per heavy atom. The van der Waals surface area contributed by atoms with Gasteiger partial charge in [0.1, 0.15) is 0 Å². The first-order valence-corrected chi connectivity index (χ1v) is 5.35. The molecule has 2 aliphatic rings. The Morgan fingerprint density at radius 3 is 2.85 bits per heavy atom. The summed E-state index contributed by atoms with van der Waals surface area (Å²) in [5.74, 6) is 0.776. The summed E-state index contributed by atoms with van der Waals surface area (Å²) in [5.41, 5.74) is 1.11. The zero-order valence-corrected chi connectivity index (χ0v) is 8.04. The topological polar surface area (TPSA) is 29.5 Å². The third-order valence-corrected chi connectivity index (χ3v) is 3.17. The molecule has 74 valence electrons. The van der Waals surface area contributed by atoms with Crippen molar-refractivity contribution >= 4 is 0 Å². The van der Waals surface area contributed by atoms with Crippen LogP contribution in [0.2, 0.25) is 0 Å². The molecule has 1 aliphatic carbocycles. The van der Waals surface area contributed by atoms with Crippen molar-refractivity contribution in [3.8, 4) is 0 Å². The number of aliphatic hydroxyl groups excluding tert-OH is 1. The molecule has 0 aromatic heterocycles. The highest BCUT2D eigenvalue weighted by Crippen LogP contribution is 2.32. The van der Waals surface area contributed by atoms with Gasteiger partial charge in [0.05, 0.1) is 19.0 Å². The molecule has 1 fully saturated rings. The van der Waals surface area contributed by atoms with Crippen LogP contribution in [-0.4, -0.2) is 17.8 Å². The van der Waals surface area contributed by atoms with E-state index >= 15 is 0 Å². The summed E-state index contributed by atoms with van der Waals surface area (Å²) < 4.78 is 5.21. The van der Waals surface area contributed by atoms with E-state index in [1.807, 2.05) is 0 Å². The van der Waals surface area contributed by atoms with Crippen molar-refractivity contribution < 1.29 is 9.84 Å². The first-order chi connectivity index (χ1) is 6.36. The smallest absolute Gasteiger partial charge is 0.0876 e. The lowest BCUT2D eigenvalue weighted by Gasteiger charge is -2.29. The van der Waals surface area contributed by atoms with Crippen molar-refractivity contribution in [2.45, 2.75) is 44.6 Å². The highest BCUT2D eigenvalue weighted by molar-refractivity contribution is 5.07. The summed E-state index contributed by atoms with van der Waals surface area (Å²) in [6, 6.07) is 0. The van der Waals surface area contributed by atoms with E-state index in [4.69, 9.17) is 4.74 Å². The molecule has 0 radical (unpaired) electrons. The molecule has 2 nitrogen and oxygen atoms in total. The third kappa shape index (κ3) is 2.25. The zero-order chi connectivity index (χ0) is 9.10. The van der Waals surface area contributed by atoms with Gasteiger partial charge in [-0.25, -0.2) is 0 Å². The molecule has 1 saturated carbocycles. The van der Waals surface area contributed by atoms with Crippen molar-refractivity contribution in [1.82, 2.24) is 0 Å². The van der Waals surface area contributed by atoms with Gasteiger partial charge in [-0.05, 0) is 30.8 Å². The lowest BCUT2D eigenvalue weighted by atomic mass is 9.80. The van der Waals surface area contributed by atoms with Gasteiger partial charge in [0.15, 0.2) is 0 Å². The molecule has 0 spiro atoms. The van der Waals surface area contributed by atoms with Gasteiger partial charge in [0.25, 0.3) is 0 Å². The summed E-state index contributed by atoms with van der Waals surface area (Å²) >= 11 is 0. The standard InChI is InChI=1S/C11H18O2/c12-11(7-9-3-1-4-9)10-5-2-6-13-8-10/h8-9,11-12H,1-7H2. The Hall–Kier alpha value is -0.500. The Kier molecular flexibility index (Phi) is 2.89. The fourth-order valence-corrected chi connectivity index (χ4v) is 2.03. The van der Waals surface area contributed by atoms with Gasteiger partial charge >= 0.3 is 0 Å². The second-order valence-corrected chi connectivity index (χ2v) is 4.22. The van der Waals surface area contributed by atoms with E-state index < -0.39 is 0 Å².